The van der Waals surface area contributed by atoms with E-state index in [1.807, 2.05) is 55.2 Å². The number of carbonyl (C=O) groups is 1. The van der Waals surface area contributed by atoms with Gasteiger partial charge in [0.25, 0.3) is 5.91 Å². The zero-order chi connectivity index (χ0) is 14.7. The Morgan fingerprint density at radius 2 is 1.70 bits per heavy atom. The maximum atomic E-state index is 12.6. The van der Waals surface area contributed by atoms with Crippen LogP contribution in [-0.2, 0) is 0 Å². The van der Waals surface area contributed by atoms with Gasteiger partial charge in [-0.2, -0.15) is 0 Å². The Bertz CT molecular complexity index is 458. The van der Waals surface area contributed by atoms with Gasteiger partial charge in [0.1, 0.15) is 0 Å². The summed E-state index contributed by atoms with van der Waals surface area (Å²) < 4.78 is 0. The molecule has 1 saturated carbocycles. The Hall–Kier alpha value is -1.03. The van der Waals surface area contributed by atoms with Crippen LogP contribution in [0.2, 0.25) is 0 Å². The number of nitrogens with zero attached hydrogens (tertiary/aromatic N) is 2. The zero-order valence-electron chi connectivity index (χ0n) is 12.5. The highest BCUT2D eigenvalue weighted by atomic mass is 79.9. The lowest BCUT2D eigenvalue weighted by atomic mass is 9.94. The average Bonchev–Trinajstić information content (AvgIpc) is 2.46. The Morgan fingerprint density at radius 3 is 2.25 bits per heavy atom. The first-order valence-corrected chi connectivity index (χ1v) is 8.11. The van der Waals surface area contributed by atoms with Crippen LogP contribution in [0, 0.1) is 0 Å². The predicted octanol–water partition coefficient (Wildman–Crippen LogP) is 3.53. The van der Waals surface area contributed by atoms with Gasteiger partial charge in [-0.3, -0.25) is 4.79 Å². The molecule has 2 atom stereocenters. The fourth-order valence-corrected chi connectivity index (χ4v) is 3.70. The van der Waals surface area contributed by atoms with Crippen molar-refractivity contribution in [2.24, 2.45) is 0 Å². The van der Waals surface area contributed by atoms with E-state index < -0.39 is 0 Å². The molecule has 20 heavy (non-hydrogen) atoms. The summed E-state index contributed by atoms with van der Waals surface area (Å²) in [7, 11) is 5.92. The predicted molar refractivity (Wildman–Crippen MR) is 87.8 cm³/mol. The summed E-state index contributed by atoms with van der Waals surface area (Å²) in [6.45, 7) is 0. The Morgan fingerprint density at radius 1 is 1.10 bits per heavy atom. The molecule has 3 nitrogen and oxygen atoms in total. The van der Waals surface area contributed by atoms with Crippen LogP contribution in [0.15, 0.2) is 24.3 Å². The Balaban J connectivity index is 2.09. The van der Waals surface area contributed by atoms with Crippen LogP contribution in [-0.4, -0.2) is 42.8 Å². The summed E-state index contributed by atoms with van der Waals surface area (Å²) in [5.74, 6) is 0.117. The molecule has 0 bridgehead atoms. The van der Waals surface area contributed by atoms with E-state index in [2.05, 4.69) is 15.9 Å². The summed E-state index contributed by atoms with van der Waals surface area (Å²) in [6.07, 6.45) is 4.71. The van der Waals surface area contributed by atoms with E-state index >= 15 is 0 Å². The number of benzene rings is 1. The molecule has 0 radical (unpaired) electrons. The molecular weight excluding hydrogens is 316 g/mol. The first-order valence-electron chi connectivity index (χ1n) is 7.19. The van der Waals surface area contributed by atoms with Gasteiger partial charge >= 0.3 is 0 Å². The van der Waals surface area contributed by atoms with E-state index in [1.165, 1.54) is 12.8 Å². The number of anilines is 1. The van der Waals surface area contributed by atoms with Crippen LogP contribution < -0.4 is 4.90 Å². The fourth-order valence-electron chi connectivity index (χ4n) is 2.76. The fraction of sp³-hybridized carbons (Fsp3) is 0.562. The van der Waals surface area contributed by atoms with Crippen molar-refractivity contribution in [3.8, 4) is 0 Å². The third-order valence-electron chi connectivity index (χ3n) is 4.10. The normalized spacial score (nSPS) is 22.4. The molecule has 0 aliphatic heterocycles. The van der Waals surface area contributed by atoms with Crippen molar-refractivity contribution in [1.29, 1.82) is 0 Å². The van der Waals surface area contributed by atoms with Crippen molar-refractivity contribution in [3.05, 3.63) is 29.8 Å². The van der Waals surface area contributed by atoms with Gasteiger partial charge in [0.2, 0.25) is 0 Å². The number of hydrogen-bond acceptors (Lipinski definition) is 2. The summed E-state index contributed by atoms with van der Waals surface area (Å²) in [6, 6.07) is 8.13. The first-order chi connectivity index (χ1) is 9.50. The average molecular weight is 339 g/mol. The third-order valence-corrected chi connectivity index (χ3v) is 5.16. The van der Waals surface area contributed by atoms with E-state index in [0.717, 1.165) is 24.1 Å². The highest BCUT2D eigenvalue weighted by molar-refractivity contribution is 9.09. The van der Waals surface area contributed by atoms with E-state index in [1.54, 1.807) is 0 Å². The molecule has 110 valence electrons. The van der Waals surface area contributed by atoms with Gasteiger partial charge in [-0.1, -0.05) is 28.8 Å². The lowest BCUT2D eigenvalue weighted by Gasteiger charge is -2.35. The van der Waals surface area contributed by atoms with Crippen LogP contribution in [0.25, 0.3) is 0 Å². The minimum absolute atomic E-state index is 0.117. The third kappa shape index (κ3) is 3.35. The number of alkyl halides is 1. The van der Waals surface area contributed by atoms with E-state index in [-0.39, 0.29) is 5.91 Å². The SMILES string of the molecule is CN(C)c1ccc(C(=O)N(C)C2CCCCC2Br)cc1. The van der Waals surface area contributed by atoms with E-state index in [0.29, 0.717) is 10.9 Å². The molecule has 2 rings (SSSR count). The Labute approximate surface area is 130 Å². The highest BCUT2D eigenvalue weighted by Crippen LogP contribution is 2.28. The molecule has 0 saturated heterocycles. The van der Waals surface area contributed by atoms with Crippen LogP contribution in [0.5, 0.6) is 0 Å². The minimum atomic E-state index is 0.117. The number of carbonyl (C=O) groups excluding carboxylic acids is 1. The second-order valence-corrected chi connectivity index (χ2v) is 6.90. The van der Waals surface area contributed by atoms with E-state index in [4.69, 9.17) is 0 Å². The van der Waals surface area contributed by atoms with Crippen molar-refractivity contribution in [2.75, 3.05) is 26.0 Å². The molecule has 1 fully saturated rings. The molecule has 1 aliphatic rings. The molecule has 0 aromatic heterocycles. The van der Waals surface area contributed by atoms with Crippen molar-refractivity contribution in [3.63, 3.8) is 0 Å². The van der Waals surface area contributed by atoms with Gasteiger partial charge in [0, 0.05) is 43.3 Å². The van der Waals surface area contributed by atoms with Crippen LogP contribution in [0.3, 0.4) is 0 Å². The molecule has 4 heteroatoms. The molecule has 1 amide bonds. The molecule has 0 N–H and O–H groups in total. The molecule has 1 aromatic rings. The summed E-state index contributed by atoms with van der Waals surface area (Å²) in [4.78, 5) is 16.9. The summed E-state index contributed by atoms with van der Waals surface area (Å²) in [5, 5.41) is 0. The van der Waals surface area contributed by atoms with Crippen LogP contribution in [0.4, 0.5) is 5.69 Å². The lowest BCUT2D eigenvalue weighted by molar-refractivity contribution is 0.0705. The number of amides is 1. The minimum Gasteiger partial charge on any atom is -0.378 e. The van der Waals surface area contributed by atoms with Gasteiger partial charge in [0.15, 0.2) is 0 Å². The van der Waals surface area contributed by atoms with Gasteiger partial charge in [0.05, 0.1) is 0 Å². The second-order valence-electron chi connectivity index (χ2n) is 5.73. The maximum absolute atomic E-state index is 12.6. The van der Waals surface area contributed by atoms with Crippen molar-refractivity contribution in [1.82, 2.24) is 4.90 Å². The van der Waals surface area contributed by atoms with Gasteiger partial charge < -0.3 is 9.80 Å². The van der Waals surface area contributed by atoms with Gasteiger partial charge in [-0.25, -0.2) is 0 Å². The highest BCUT2D eigenvalue weighted by Gasteiger charge is 2.29. The topological polar surface area (TPSA) is 23.6 Å². The molecular formula is C16H23BrN2O. The summed E-state index contributed by atoms with van der Waals surface area (Å²) >= 11 is 3.73. The monoisotopic (exact) mass is 338 g/mol. The lowest BCUT2D eigenvalue weighted by Crippen LogP contribution is -2.44. The Kier molecular flexibility index (Phi) is 5.08. The summed E-state index contributed by atoms with van der Waals surface area (Å²) in [5.41, 5.74) is 1.88. The molecule has 1 aliphatic carbocycles. The number of rotatable bonds is 3. The first kappa shape index (κ1) is 15.4. The zero-order valence-corrected chi connectivity index (χ0v) is 14.1. The van der Waals surface area contributed by atoms with E-state index in [9.17, 15) is 4.79 Å². The number of hydrogen-bond donors (Lipinski definition) is 0. The largest absolute Gasteiger partial charge is 0.378 e. The molecule has 1 aromatic carbocycles. The molecule has 2 unspecified atom stereocenters. The molecule has 0 heterocycles. The second kappa shape index (κ2) is 6.61. The smallest absolute Gasteiger partial charge is 0.253 e. The molecule has 0 spiro atoms. The maximum Gasteiger partial charge on any atom is 0.253 e. The van der Waals surface area contributed by atoms with Gasteiger partial charge in [-0.05, 0) is 37.1 Å². The quantitative estimate of drug-likeness (QED) is 0.787. The van der Waals surface area contributed by atoms with Crippen LogP contribution >= 0.6 is 15.9 Å². The van der Waals surface area contributed by atoms with Crippen molar-refractivity contribution >= 4 is 27.5 Å². The van der Waals surface area contributed by atoms with Crippen molar-refractivity contribution in [2.45, 2.75) is 36.6 Å². The van der Waals surface area contributed by atoms with Crippen LogP contribution in [0.1, 0.15) is 36.0 Å². The standard InChI is InChI=1S/C16H23BrN2O/c1-18(2)13-10-8-12(9-11-13)16(20)19(3)15-7-5-4-6-14(15)17/h8-11,14-15H,4-7H2,1-3H3. The van der Waals surface area contributed by atoms with Crippen molar-refractivity contribution < 1.29 is 4.79 Å². The number of halogens is 1. The van der Waals surface area contributed by atoms with Gasteiger partial charge in [-0.15, -0.1) is 0 Å².